The van der Waals surface area contributed by atoms with Gasteiger partial charge in [-0.3, -0.25) is 14.4 Å². The van der Waals surface area contributed by atoms with E-state index in [1.54, 1.807) is 48.5 Å². The van der Waals surface area contributed by atoms with Crippen molar-refractivity contribution >= 4 is 29.1 Å². The minimum absolute atomic E-state index is 0.127. The summed E-state index contributed by atoms with van der Waals surface area (Å²) in [6, 6.07) is 21.3. The minimum Gasteiger partial charge on any atom is -0.326 e. The molecule has 0 unspecified atom stereocenters. The fourth-order valence-electron chi connectivity index (χ4n) is 3.21. The lowest BCUT2D eigenvalue weighted by Gasteiger charge is -2.14. The van der Waals surface area contributed by atoms with Crippen LogP contribution >= 0.6 is 0 Å². The van der Waals surface area contributed by atoms with E-state index in [-0.39, 0.29) is 24.1 Å². The molecule has 0 radical (unpaired) electrons. The van der Waals surface area contributed by atoms with Gasteiger partial charge in [0.1, 0.15) is 0 Å². The third kappa shape index (κ3) is 3.30. The van der Waals surface area contributed by atoms with Gasteiger partial charge in [-0.15, -0.1) is 0 Å². The Labute approximate surface area is 162 Å². The Bertz CT molecular complexity index is 1030. The molecule has 0 aliphatic carbocycles. The van der Waals surface area contributed by atoms with Crippen LogP contribution in [0.4, 0.5) is 11.4 Å². The van der Waals surface area contributed by atoms with Crippen molar-refractivity contribution in [2.75, 3.05) is 10.2 Å². The topological polar surface area (TPSA) is 66.5 Å². The molecule has 3 amide bonds. The standard InChI is InChI=1S/C23H18N2O3/c1-15-6-10-17(11-7-15)24-21(26)14-16-8-12-18(13-9-16)25-22(27)19-4-2-3-5-20(19)23(25)28/h2-13H,14H2,1H3,(H,24,26). The number of hydrogen-bond acceptors (Lipinski definition) is 3. The van der Waals surface area contributed by atoms with Crippen LogP contribution < -0.4 is 10.2 Å². The van der Waals surface area contributed by atoms with Crippen molar-refractivity contribution in [3.05, 3.63) is 95.1 Å². The van der Waals surface area contributed by atoms with Crippen LogP contribution in [-0.2, 0) is 11.2 Å². The zero-order valence-corrected chi connectivity index (χ0v) is 15.3. The van der Waals surface area contributed by atoms with Crippen molar-refractivity contribution in [3.8, 4) is 0 Å². The van der Waals surface area contributed by atoms with E-state index in [9.17, 15) is 14.4 Å². The van der Waals surface area contributed by atoms with E-state index < -0.39 is 0 Å². The number of hydrogen-bond donors (Lipinski definition) is 1. The second-order valence-corrected chi connectivity index (χ2v) is 6.75. The van der Waals surface area contributed by atoms with E-state index in [1.807, 2.05) is 31.2 Å². The van der Waals surface area contributed by atoms with Crippen molar-refractivity contribution < 1.29 is 14.4 Å². The molecule has 5 heteroatoms. The molecule has 0 bridgehead atoms. The molecule has 0 fully saturated rings. The first-order valence-corrected chi connectivity index (χ1v) is 8.96. The molecule has 4 rings (SSSR count). The Morgan fingerprint density at radius 2 is 1.39 bits per heavy atom. The van der Waals surface area contributed by atoms with E-state index >= 15 is 0 Å². The summed E-state index contributed by atoms with van der Waals surface area (Å²) in [5, 5.41) is 2.86. The number of nitrogens with one attached hydrogen (secondary N) is 1. The summed E-state index contributed by atoms with van der Waals surface area (Å²) in [5.41, 5.74) is 3.99. The van der Waals surface area contributed by atoms with E-state index in [0.29, 0.717) is 16.8 Å². The number of rotatable bonds is 4. The highest BCUT2D eigenvalue weighted by Crippen LogP contribution is 2.28. The average molecular weight is 370 g/mol. The smallest absolute Gasteiger partial charge is 0.266 e. The average Bonchev–Trinajstić information content (AvgIpc) is 2.95. The van der Waals surface area contributed by atoms with Crippen molar-refractivity contribution in [1.82, 2.24) is 0 Å². The van der Waals surface area contributed by atoms with E-state index in [1.165, 1.54) is 4.90 Å². The SMILES string of the molecule is Cc1ccc(NC(=O)Cc2ccc(N3C(=O)c4ccccc4C3=O)cc2)cc1. The molecular weight excluding hydrogens is 352 g/mol. The first-order valence-electron chi connectivity index (χ1n) is 8.96. The van der Waals surface area contributed by atoms with Gasteiger partial charge in [-0.05, 0) is 48.9 Å². The quantitative estimate of drug-likeness (QED) is 0.707. The molecule has 0 saturated carbocycles. The maximum atomic E-state index is 12.5. The number of nitrogens with zero attached hydrogens (tertiary/aromatic N) is 1. The minimum atomic E-state index is -0.328. The number of benzene rings is 3. The summed E-state index contributed by atoms with van der Waals surface area (Å²) in [4.78, 5) is 38.5. The van der Waals surface area contributed by atoms with Crippen LogP contribution in [0.1, 0.15) is 31.8 Å². The molecule has 3 aromatic rings. The normalized spacial score (nSPS) is 12.8. The molecule has 0 aromatic heterocycles. The largest absolute Gasteiger partial charge is 0.326 e. The van der Waals surface area contributed by atoms with Crippen molar-refractivity contribution in [2.45, 2.75) is 13.3 Å². The predicted octanol–water partition coefficient (Wildman–Crippen LogP) is 3.98. The lowest BCUT2D eigenvalue weighted by atomic mass is 10.1. The molecule has 3 aromatic carbocycles. The number of fused-ring (bicyclic) bond motifs is 1. The maximum Gasteiger partial charge on any atom is 0.266 e. The molecule has 5 nitrogen and oxygen atoms in total. The number of aryl methyl sites for hydroxylation is 1. The van der Waals surface area contributed by atoms with Gasteiger partial charge in [0.25, 0.3) is 11.8 Å². The van der Waals surface area contributed by atoms with Crippen molar-refractivity contribution in [3.63, 3.8) is 0 Å². The summed E-state index contributed by atoms with van der Waals surface area (Å²) < 4.78 is 0. The van der Waals surface area contributed by atoms with Crippen LogP contribution in [0, 0.1) is 6.92 Å². The Morgan fingerprint density at radius 1 is 0.821 bits per heavy atom. The van der Waals surface area contributed by atoms with E-state index in [2.05, 4.69) is 5.32 Å². The molecule has 1 N–H and O–H groups in total. The second-order valence-electron chi connectivity index (χ2n) is 6.75. The molecule has 138 valence electrons. The van der Waals surface area contributed by atoms with Gasteiger partial charge in [-0.25, -0.2) is 4.90 Å². The first kappa shape index (κ1) is 17.7. The van der Waals surface area contributed by atoms with Crippen LogP contribution in [0.2, 0.25) is 0 Å². The van der Waals surface area contributed by atoms with Crippen LogP contribution in [0.5, 0.6) is 0 Å². The fourth-order valence-corrected chi connectivity index (χ4v) is 3.21. The number of amides is 3. The van der Waals surface area contributed by atoms with Gasteiger partial charge >= 0.3 is 0 Å². The molecule has 1 heterocycles. The molecule has 1 aliphatic rings. The molecule has 28 heavy (non-hydrogen) atoms. The first-order chi connectivity index (χ1) is 13.5. The monoisotopic (exact) mass is 370 g/mol. The Morgan fingerprint density at radius 3 is 1.96 bits per heavy atom. The lowest BCUT2D eigenvalue weighted by molar-refractivity contribution is -0.115. The molecule has 1 aliphatic heterocycles. The van der Waals surface area contributed by atoms with E-state index in [0.717, 1.165) is 16.8 Å². The van der Waals surface area contributed by atoms with E-state index in [4.69, 9.17) is 0 Å². The molecule has 0 saturated heterocycles. The Kier molecular flexibility index (Phi) is 4.49. The van der Waals surface area contributed by atoms with Crippen LogP contribution in [-0.4, -0.2) is 17.7 Å². The zero-order chi connectivity index (χ0) is 19.7. The molecular formula is C23H18N2O3. The molecule has 0 atom stereocenters. The third-order valence-corrected chi connectivity index (χ3v) is 4.69. The van der Waals surface area contributed by atoms with Gasteiger partial charge in [0, 0.05) is 5.69 Å². The Balaban J connectivity index is 1.46. The number of carbonyl (C=O) groups excluding carboxylic acids is 3. The molecule has 0 spiro atoms. The summed E-state index contributed by atoms with van der Waals surface area (Å²) >= 11 is 0. The van der Waals surface area contributed by atoms with Gasteiger partial charge < -0.3 is 5.32 Å². The predicted molar refractivity (Wildman–Crippen MR) is 108 cm³/mol. The van der Waals surface area contributed by atoms with Crippen LogP contribution in [0.15, 0.2) is 72.8 Å². The summed E-state index contributed by atoms with van der Waals surface area (Å²) in [6.45, 7) is 1.99. The number of carbonyl (C=O) groups is 3. The number of anilines is 2. The summed E-state index contributed by atoms with van der Waals surface area (Å²) in [5.74, 6) is -0.784. The number of imide groups is 1. The fraction of sp³-hybridized carbons (Fsp3) is 0.0870. The highest BCUT2D eigenvalue weighted by atomic mass is 16.2. The van der Waals surface area contributed by atoms with Crippen LogP contribution in [0.3, 0.4) is 0 Å². The summed E-state index contributed by atoms with van der Waals surface area (Å²) in [6.07, 6.45) is 0.205. The van der Waals surface area contributed by atoms with Crippen LogP contribution in [0.25, 0.3) is 0 Å². The van der Waals surface area contributed by atoms with Gasteiger partial charge in [-0.2, -0.15) is 0 Å². The van der Waals surface area contributed by atoms with Crippen molar-refractivity contribution in [2.24, 2.45) is 0 Å². The van der Waals surface area contributed by atoms with Gasteiger partial charge in [0.05, 0.1) is 23.2 Å². The summed E-state index contributed by atoms with van der Waals surface area (Å²) in [7, 11) is 0. The maximum absolute atomic E-state index is 12.5. The van der Waals surface area contributed by atoms with Gasteiger partial charge in [-0.1, -0.05) is 42.0 Å². The highest BCUT2D eigenvalue weighted by molar-refractivity contribution is 6.34. The highest BCUT2D eigenvalue weighted by Gasteiger charge is 2.36. The van der Waals surface area contributed by atoms with Crippen molar-refractivity contribution in [1.29, 1.82) is 0 Å². The zero-order valence-electron chi connectivity index (χ0n) is 15.3. The Hall–Kier alpha value is -3.73. The van der Waals surface area contributed by atoms with Gasteiger partial charge in [0.15, 0.2) is 0 Å². The third-order valence-electron chi connectivity index (χ3n) is 4.69. The van der Waals surface area contributed by atoms with Gasteiger partial charge in [0.2, 0.25) is 5.91 Å². The lowest BCUT2D eigenvalue weighted by Crippen LogP contribution is -2.29. The second kappa shape index (κ2) is 7.12.